The maximum Gasteiger partial charge on any atom is 0.256 e. The Morgan fingerprint density at radius 2 is 0.495 bits per heavy atom. The van der Waals surface area contributed by atoms with Crippen LogP contribution in [0.5, 0.6) is 34.5 Å². The van der Waals surface area contributed by atoms with Crippen molar-refractivity contribution in [3.05, 3.63) is 364 Å². The number of ether oxygens (including phenoxy) is 3. The van der Waals surface area contributed by atoms with E-state index >= 15 is 0 Å². The predicted molar refractivity (Wildman–Crippen MR) is 453 cm³/mol. The standard InChI is InChI=1S/C96H60B4N6O3/c1-8-30-61(31-9-1)101(62-32-10-2-11-33-62)68-52-83-92-89(54-68)107-86-50-28-24-46-72(86)99(92)74-56-75-81(58-80(74)104(83)66-40-18-6-19-41-66)106-79-49-27-23-45-71(79)98-77-57-76-82(59-88(77)109-91-60-85-94(96(106)95(91)98)97(75)70-44-22-26-48-78(70)103(85)65-38-16-5-17-39-65)105(67-42-20-7-21-43-67)84-53-69(55-90-93(84)100(76)73-47-25-29-51-87(73)108-90)102(63-34-12-3-13-35-63)64-36-14-4-15-37-64/h1-60H. The van der Waals surface area contributed by atoms with Gasteiger partial charge in [0.15, 0.2) is 0 Å². The van der Waals surface area contributed by atoms with Gasteiger partial charge in [-0.05, 0) is 193 Å². The minimum Gasteiger partial charge on any atom is -0.458 e. The molecule has 0 fully saturated rings. The summed E-state index contributed by atoms with van der Waals surface area (Å²) in [6.07, 6.45) is 0. The van der Waals surface area contributed by atoms with Crippen LogP contribution in [0.2, 0.25) is 0 Å². The minimum atomic E-state index is -0.256. The summed E-state index contributed by atoms with van der Waals surface area (Å²) in [4.78, 5) is 14.8. The predicted octanol–water partition coefficient (Wildman–Crippen LogP) is 16.5. The first kappa shape index (κ1) is 60.3. The average Bonchev–Trinajstić information content (AvgIpc) is 0.667. The molecule has 0 atom stereocenters. The van der Waals surface area contributed by atoms with E-state index in [1.165, 1.54) is 32.8 Å². The normalized spacial score (nSPS) is 13.8. The number of benzene rings is 16. The van der Waals surface area contributed by atoms with Crippen molar-refractivity contribution in [3.63, 3.8) is 0 Å². The third-order valence-electron chi connectivity index (χ3n) is 23.6. The zero-order valence-corrected chi connectivity index (χ0v) is 58.9. The molecule has 8 heterocycles. The Kier molecular flexibility index (Phi) is 12.8. The van der Waals surface area contributed by atoms with Crippen molar-refractivity contribution < 1.29 is 14.2 Å². The summed E-state index contributed by atoms with van der Waals surface area (Å²) in [5.74, 6) is 4.99. The van der Waals surface area contributed by atoms with Gasteiger partial charge in [0.25, 0.3) is 26.9 Å². The van der Waals surface area contributed by atoms with Crippen molar-refractivity contribution in [1.29, 1.82) is 0 Å². The van der Waals surface area contributed by atoms with E-state index in [-0.39, 0.29) is 26.9 Å². The average molecular weight is 1390 g/mol. The van der Waals surface area contributed by atoms with Crippen LogP contribution in [0, 0.1) is 0 Å². The topological polar surface area (TPSA) is 47.1 Å². The lowest BCUT2D eigenvalue weighted by Gasteiger charge is -2.50. The number of rotatable bonds is 9. The van der Waals surface area contributed by atoms with E-state index in [1.54, 1.807) is 0 Å². The molecule has 0 saturated carbocycles. The molecule has 16 aromatic rings. The van der Waals surface area contributed by atoms with E-state index in [4.69, 9.17) is 14.2 Å². The quantitative estimate of drug-likeness (QED) is 0.132. The minimum absolute atomic E-state index is 0.201. The van der Waals surface area contributed by atoms with Crippen LogP contribution in [0.25, 0.3) is 0 Å². The summed E-state index contributed by atoms with van der Waals surface area (Å²) in [7, 11) is 0. The van der Waals surface area contributed by atoms with Crippen molar-refractivity contribution in [2.45, 2.75) is 0 Å². The molecular weight excluding hydrogens is 1330 g/mol. The molecule has 24 rings (SSSR count). The lowest BCUT2D eigenvalue weighted by atomic mass is 9.27. The Labute approximate surface area is 632 Å². The molecule has 0 unspecified atom stereocenters. The first-order chi connectivity index (χ1) is 54.1. The second kappa shape index (κ2) is 23.2. The highest BCUT2D eigenvalue weighted by Crippen LogP contribution is 2.54. The molecule has 8 aliphatic rings. The summed E-state index contributed by atoms with van der Waals surface area (Å²) < 4.78 is 22.6. The molecule has 0 saturated heterocycles. The molecule has 0 aliphatic carbocycles. The Balaban J connectivity index is 0.763. The Hall–Kier alpha value is -14.0. The van der Waals surface area contributed by atoms with E-state index < -0.39 is 0 Å². The largest absolute Gasteiger partial charge is 0.458 e. The molecule has 16 aromatic carbocycles. The highest BCUT2D eigenvalue weighted by molar-refractivity contribution is 7.06. The summed E-state index contributed by atoms with van der Waals surface area (Å²) in [5, 5.41) is 0. The molecule has 13 heteroatoms. The molecule has 9 nitrogen and oxygen atoms in total. The molecule has 0 aromatic heterocycles. The molecule has 0 bridgehead atoms. The lowest BCUT2D eigenvalue weighted by molar-refractivity contribution is 0.487. The van der Waals surface area contributed by atoms with Crippen LogP contribution in [0.15, 0.2) is 364 Å². The second-order valence-corrected chi connectivity index (χ2v) is 29.3. The molecule has 0 spiro atoms. The van der Waals surface area contributed by atoms with E-state index in [9.17, 15) is 0 Å². The zero-order valence-electron chi connectivity index (χ0n) is 58.9. The van der Waals surface area contributed by atoms with Crippen molar-refractivity contribution in [1.82, 2.24) is 0 Å². The first-order valence-electron chi connectivity index (χ1n) is 37.6. The Bertz CT molecular complexity index is 6410. The molecule has 0 radical (unpaired) electrons. The van der Waals surface area contributed by atoms with Gasteiger partial charge in [-0.25, -0.2) is 0 Å². The van der Waals surface area contributed by atoms with Crippen LogP contribution in [0.1, 0.15) is 0 Å². The first-order valence-corrected chi connectivity index (χ1v) is 37.6. The molecule has 504 valence electrons. The monoisotopic (exact) mass is 1390 g/mol. The number of hydrogen-bond acceptors (Lipinski definition) is 9. The third-order valence-corrected chi connectivity index (χ3v) is 23.6. The molecule has 8 aliphatic heterocycles. The van der Waals surface area contributed by atoms with Crippen molar-refractivity contribution in [2.24, 2.45) is 0 Å². The van der Waals surface area contributed by atoms with Gasteiger partial charge in [0.2, 0.25) is 0 Å². The number of anilines is 18. The summed E-state index contributed by atoms with van der Waals surface area (Å²) in [6.45, 7) is -0.887. The second-order valence-electron chi connectivity index (χ2n) is 29.3. The smallest absolute Gasteiger partial charge is 0.256 e. The Morgan fingerprint density at radius 3 is 0.954 bits per heavy atom. The van der Waals surface area contributed by atoms with Gasteiger partial charge < -0.3 is 43.6 Å². The lowest BCUT2D eigenvalue weighted by Crippen LogP contribution is -2.69. The van der Waals surface area contributed by atoms with Crippen molar-refractivity contribution in [2.75, 3.05) is 29.4 Å². The number of hydrogen-bond donors (Lipinski definition) is 0. The molecular formula is C96H60B4N6O3. The number of fused-ring (bicyclic) bond motifs is 18. The van der Waals surface area contributed by atoms with Crippen LogP contribution < -0.4 is 109 Å². The maximum absolute atomic E-state index is 8.01. The summed E-state index contributed by atoms with van der Waals surface area (Å²) in [6, 6.07) is 133. The zero-order chi connectivity index (χ0) is 71.1. The maximum atomic E-state index is 8.01. The van der Waals surface area contributed by atoms with E-state index in [0.29, 0.717) is 0 Å². The SMILES string of the molecule is c1ccc(N(c2ccccc2)c2cc3c4c(c2)N(c2ccccc2)c2cc5c(cc2B4c2ccccc2O3)B2c3ccccc3N3c4cc6c(cc4B4c7ccccc7N(c7ccccc7)c7cc(c2c3c74)O5)B2c3ccccc3Oc3cc(N(c4ccccc4)c4ccccc4)cc(c32)N6c2ccccc2)cc1. The summed E-state index contributed by atoms with van der Waals surface area (Å²) >= 11 is 0. The van der Waals surface area contributed by atoms with Gasteiger partial charge in [-0.3, -0.25) is 0 Å². The van der Waals surface area contributed by atoms with Crippen LogP contribution in [0.4, 0.5) is 102 Å². The Morgan fingerprint density at radius 1 is 0.183 bits per heavy atom. The molecule has 0 amide bonds. The van der Waals surface area contributed by atoms with Crippen LogP contribution >= 0.6 is 0 Å². The van der Waals surface area contributed by atoms with Gasteiger partial charge in [0.05, 0.1) is 11.4 Å². The van der Waals surface area contributed by atoms with Crippen LogP contribution in [0.3, 0.4) is 0 Å². The fraction of sp³-hybridized carbons (Fsp3) is 0. The van der Waals surface area contributed by atoms with E-state index in [0.717, 1.165) is 170 Å². The van der Waals surface area contributed by atoms with Crippen molar-refractivity contribution >= 4 is 195 Å². The number of para-hydroxylation sites is 11. The van der Waals surface area contributed by atoms with Gasteiger partial charge in [0, 0.05) is 115 Å². The van der Waals surface area contributed by atoms with Gasteiger partial charge >= 0.3 is 0 Å². The van der Waals surface area contributed by atoms with Gasteiger partial charge in [0.1, 0.15) is 34.5 Å². The van der Waals surface area contributed by atoms with Gasteiger partial charge in [-0.1, -0.05) is 212 Å². The number of nitrogens with zero attached hydrogens (tertiary/aromatic N) is 6. The highest BCUT2D eigenvalue weighted by Gasteiger charge is 2.54. The van der Waals surface area contributed by atoms with Crippen molar-refractivity contribution in [3.8, 4) is 34.5 Å². The third kappa shape index (κ3) is 8.72. The van der Waals surface area contributed by atoms with E-state index in [1.807, 2.05) is 0 Å². The fourth-order valence-electron chi connectivity index (χ4n) is 19.4. The van der Waals surface area contributed by atoms with Gasteiger partial charge in [-0.2, -0.15) is 0 Å². The summed E-state index contributed by atoms with van der Waals surface area (Å²) in [5.41, 5.74) is 33.2. The van der Waals surface area contributed by atoms with Crippen LogP contribution in [-0.4, -0.2) is 26.9 Å². The van der Waals surface area contributed by atoms with Gasteiger partial charge in [-0.15, -0.1) is 0 Å². The van der Waals surface area contributed by atoms with E-state index in [2.05, 4.69) is 393 Å². The molecule has 109 heavy (non-hydrogen) atoms. The fourth-order valence-corrected chi connectivity index (χ4v) is 19.4. The highest BCUT2D eigenvalue weighted by atomic mass is 16.5. The van der Waals surface area contributed by atoms with Crippen LogP contribution in [-0.2, 0) is 0 Å². The molecule has 0 N–H and O–H groups in total.